The third-order valence-electron chi connectivity index (χ3n) is 7.85. The molecule has 11 nitrogen and oxygen atoms in total. The van der Waals surface area contributed by atoms with Gasteiger partial charge in [0.15, 0.2) is 0 Å². The number of nitriles is 1. The molecule has 12 heteroatoms. The van der Waals surface area contributed by atoms with Gasteiger partial charge >= 0.3 is 0 Å². The fourth-order valence-electron chi connectivity index (χ4n) is 5.09. The predicted octanol–water partition coefficient (Wildman–Crippen LogP) is 3.28. The number of carbonyl (C=O) groups is 1. The minimum absolute atomic E-state index is 0.0172. The third kappa shape index (κ3) is 5.07. The Bertz CT molecular complexity index is 1450. The van der Waals surface area contributed by atoms with Crippen molar-refractivity contribution in [2.45, 2.75) is 50.2 Å². The van der Waals surface area contributed by atoms with E-state index in [-0.39, 0.29) is 34.5 Å². The molecule has 1 saturated carbocycles. The molecule has 1 aromatic carbocycles. The zero-order chi connectivity index (χ0) is 27.1. The van der Waals surface area contributed by atoms with Crippen molar-refractivity contribution in [3.63, 3.8) is 0 Å². The lowest BCUT2D eigenvalue weighted by atomic mass is 10.0. The summed E-state index contributed by atoms with van der Waals surface area (Å²) in [7, 11) is 1.45. The zero-order valence-electron chi connectivity index (χ0n) is 21.9. The van der Waals surface area contributed by atoms with E-state index < -0.39 is 11.7 Å². The first kappa shape index (κ1) is 25.3. The Morgan fingerprint density at radius 1 is 1.28 bits per heavy atom. The lowest BCUT2D eigenvalue weighted by Crippen LogP contribution is -2.54. The minimum atomic E-state index is -0.684. The van der Waals surface area contributed by atoms with Crippen molar-refractivity contribution in [2.75, 3.05) is 44.0 Å². The van der Waals surface area contributed by atoms with Crippen molar-refractivity contribution in [2.24, 2.45) is 0 Å². The van der Waals surface area contributed by atoms with Gasteiger partial charge in [-0.3, -0.25) is 9.69 Å². The number of hydrogen-bond donors (Lipinski definition) is 4. The summed E-state index contributed by atoms with van der Waals surface area (Å²) in [6.45, 7) is 5.38. The lowest BCUT2D eigenvalue weighted by Gasteiger charge is -2.41. The zero-order valence-corrected chi connectivity index (χ0v) is 21.9. The van der Waals surface area contributed by atoms with E-state index in [1.807, 2.05) is 0 Å². The summed E-state index contributed by atoms with van der Waals surface area (Å²) in [6, 6.07) is 5.22. The first-order chi connectivity index (χ1) is 18.9. The second-order valence-corrected chi connectivity index (χ2v) is 10.8. The number of halogens is 1. The SMILES string of the molecule is COc1cc(C(=O)NC2CCN(C3COC3)CC2)c(F)cc1Nc1nc(NC2(C)CC2)c2c(C#N)c[nH]c2n1. The number of carbonyl (C=O) groups excluding carboxylic acids is 1. The van der Waals surface area contributed by atoms with Crippen LogP contribution in [0.25, 0.3) is 11.0 Å². The van der Waals surface area contributed by atoms with Gasteiger partial charge in [0.05, 0.1) is 48.6 Å². The van der Waals surface area contributed by atoms with Gasteiger partial charge in [0.2, 0.25) is 5.95 Å². The van der Waals surface area contributed by atoms with Gasteiger partial charge in [-0.25, -0.2) is 4.39 Å². The second kappa shape index (κ2) is 9.98. The molecule has 0 atom stereocenters. The molecule has 2 aromatic heterocycles. The summed E-state index contributed by atoms with van der Waals surface area (Å²) in [4.78, 5) is 27.5. The molecule has 1 amide bonds. The molecule has 39 heavy (non-hydrogen) atoms. The number of benzene rings is 1. The maximum Gasteiger partial charge on any atom is 0.254 e. The number of piperidine rings is 1. The summed E-state index contributed by atoms with van der Waals surface area (Å²) in [6.07, 6.45) is 5.18. The number of likely N-dealkylation sites (tertiary alicyclic amines) is 1. The van der Waals surface area contributed by atoms with Gasteiger partial charge < -0.3 is 30.4 Å². The predicted molar refractivity (Wildman–Crippen MR) is 143 cm³/mol. The number of nitrogens with zero attached hydrogens (tertiary/aromatic N) is 4. The highest BCUT2D eigenvalue weighted by Gasteiger charge is 2.38. The minimum Gasteiger partial charge on any atom is -0.495 e. The number of ether oxygens (including phenoxy) is 2. The fourth-order valence-corrected chi connectivity index (χ4v) is 5.09. The van der Waals surface area contributed by atoms with E-state index in [4.69, 9.17) is 9.47 Å². The van der Waals surface area contributed by atoms with Gasteiger partial charge in [0.1, 0.15) is 29.1 Å². The number of amides is 1. The van der Waals surface area contributed by atoms with Crippen LogP contribution >= 0.6 is 0 Å². The van der Waals surface area contributed by atoms with Crippen molar-refractivity contribution in [3.8, 4) is 11.8 Å². The highest BCUT2D eigenvalue weighted by atomic mass is 19.1. The van der Waals surface area contributed by atoms with Crippen molar-refractivity contribution in [3.05, 3.63) is 35.3 Å². The normalized spacial score (nSPS) is 19.2. The summed E-state index contributed by atoms with van der Waals surface area (Å²) < 4.78 is 26.0. The summed E-state index contributed by atoms with van der Waals surface area (Å²) in [5, 5.41) is 19.5. The second-order valence-electron chi connectivity index (χ2n) is 10.8. The van der Waals surface area contributed by atoms with Crippen LogP contribution in [0.1, 0.15) is 48.5 Å². The standard InChI is InChI=1S/C27H31FN8O3/c1-27(5-6-27)35-24-22-15(11-29)12-30-23(22)33-26(34-24)32-20-10-19(28)18(9-21(20)38-2)25(37)31-16-3-7-36(8-4-16)17-13-39-14-17/h9-10,12,16-17H,3-8,13-14H2,1-2H3,(H,31,37)(H3,30,32,33,34,35). The summed E-state index contributed by atoms with van der Waals surface area (Å²) in [5.74, 6) is -0.167. The summed E-state index contributed by atoms with van der Waals surface area (Å²) in [5.41, 5.74) is 1.00. The summed E-state index contributed by atoms with van der Waals surface area (Å²) >= 11 is 0. The van der Waals surface area contributed by atoms with Gasteiger partial charge in [-0.1, -0.05) is 0 Å². The molecule has 4 heterocycles. The van der Waals surface area contributed by atoms with Crippen molar-refractivity contribution in [1.29, 1.82) is 5.26 Å². The molecular formula is C27H31FN8O3. The Morgan fingerprint density at radius 2 is 2.05 bits per heavy atom. The molecule has 3 aromatic rings. The van der Waals surface area contributed by atoms with Crippen molar-refractivity contribution in [1.82, 2.24) is 25.2 Å². The van der Waals surface area contributed by atoms with Gasteiger partial charge in [-0.05, 0) is 38.7 Å². The molecule has 0 radical (unpaired) electrons. The molecule has 0 unspecified atom stereocenters. The Morgan fingerprint density at radius 3 is 2.69 bits per heavy atom. The number of rotatable bonds is 8. The van der Waals surface area contributed by atoms with Crippen molar-refractivity contribution >= 4 is 34.4 Å². The number of anilines is 3. The molecule has 0 bridgehead atoms. The van der Waals surface area contributed by atoms with E-state index in [1.54, 1.807) is 6.20 Å². The van der Waals surface area contributed by atoms with Crippen molar-refractivity contribution < 1.29 is 18.7 Å². The molecule has 6 rings (SSSR count). The highest BCUT2D eigenvalue weighted by molar-refractivity contribution is 5.96. The molecule has 2 saturated heterocycles. The Balaban J connectivity index is 1.20. The monoisotopic (exact) mass is 534 g/mol. The fraction of sp³-hybridized carbons (Fsp3) is 0.481. The number of aromatic nitrogens is 3. The number of aromatic amines is 1. The van der Waals surface area contributed by atoms with Gasteiger partial charge in [-0.2, -0.15) is 15.2 Å². The number of fused-ring (bicyclic) bond motifs is 1. The Kier molecular flexibility index (Phi) is 6.48. The number of methoxy groups -OCH3 is 1. The molecule has 0 spiro atoms. The van der Waals surface area contributed by atoms with Crippen LogP contribution in [-0.2, 0) is 4.74 Å². The smallest absolute Gasteiger partial charge is 0.254 e. The Hall–Kier alpha value is -3.95. The van der Waals surface area contributed by atoms with E-state index in [0.717, 1.165) is 52.0 Å². The molecule has 1 aliphatic carbocycles. The van der Waals surface area contributed by atoms with E-state index in [9.17, 15) is 10.1 Å². The van der Waals surface area contributed by atoms with E-state index in [0.29, 0.717) is 28.5 Å². The van der Waals surface area contributed by atoms with E-state index >= 15 is 4.39 Å². The first-order valence-electron chi connectivity index (χ1n) is 13.2. The Labute approximate surface area is 225 Å². The number of hydrogen-bond acceptors (Lipinski definition) is 9. The number of H-pyrrole nitrogens is 1. The average Bonchev–Trinajstić information content (AvgIpc) is 3.46. The highest BCUT2D eigenvalue weighted by Crippen LogP contribution is 2.40. The molecule has 3 fully saturated rings. The molecule has 204 valence electrons. The quantitative estimate of drug-likeness (QED) is 0.343. The lowest BCUT2D eigenvalue weighted by molar-refractivity contribution is -0.0716. The van der Waals surface area contributed by atoms with Gasteiger partial charge in [-0.15, -0.1) is 0 Å². The topological polar surface area (TPSA) is 140 Å². The van der Waals surface area contributed by atoms with Crippen LogP contribution in [0.5, 0.6) is 5.75 Å². The molecule has 3 aliphatic rings. The average molecular weight is 535 g/mol. The largest absolute Gasteiger partial charge is 0.495 e. The van der Waals surface area contributed by atoms with Gasteiger partial charge in [0.25, 0.3) is 5.91 Å². The van der Waals surface area contributed by atoms with Gasteiger partial charge in [0, 0.05) is 36.9 Å². The molecular weight excluding hydrogens is 503 g/mol. The maximum atomic E-state index is 15.2. The van der Waals surface area contributed by atoms with E-state index in [2.05, 4.69) is 48.8 Å². The van der Waals surface area contributed by atoms with E-state index in [1.165, 1.54) is 19.2 Å². The maximum absolute atomic E-state index is 15.2. The molecule has 2 aliphatic heterocycles. The first-order valence-corrected chi connectivity index (χ1v) is 13.2. The van der Waals surface area contributed by atoms with Crippen LogP contribution in [0, 0.1) is 17.1 Å². The van der Waals surface area contributed by atoms with Crippen LogP contribution in [-0.4, -0.2) is 76.8 Å². The third-order valence-corrected chi connectivity index (χ3v) is 7.85. The van der Waals surface area contributed by atoms with Crippen LogP contribution in [0.2, 0.25) is 0 Å². The van der Waals surface area contributed by atoms with Crippen LogP contribution in [0.4, 0.5) is 21.8 Å². The number of nitrogens with one attached hydrogen (secondary N) is 4. The van der Waals surface area contributed by atoms with Crippen LogP contribution < -0.4 is 20.7 Å². The van der Waals surface area contributed by atoms with Crippen LogP contribution in [0.15, 0.2) is 18.3 Å². The molecule has 4 N–H and O–H groups in total. The van der Waals surface area contributed by atoms with Crippen LogP contribution in [0.3, 0.4) is 0 Å².